The van der Waals surface area contributed by atoms with Crippen molar-refractivity contribution in [3.63, 3.8) is 0 Å². The van der Waals surface area contributed by atoms with E-state index in [1.807, 2.05) is 0 Å². The van der Waals surface area contributed by atoms with E-state index in [1.165, 1.54) is 13.0 Å². The van der Waals surface area contributed by atoms with E-state index >= 15 is 0 Å². The fourth-order valence-corrected chi connectivity index (χ4v) is 3.22. The molecule has 0 aliphatic rings. The number of nitrogens with zero attached hydrogens (tertiary/aromatic N) is 2. The minimum atomic E-state index is -3.89. The van der Waals surface area contributed by atoms with Crippen molar-refractivity contribution >= 4 is 15.9 Å². The Balaban J connectivity index is 1.89. The molecule has 7 nitrogen and oxygen atoms in total. The zero-order valence-corrected chi connectivity index (χ0v) is 14.7. The van der Waals surface area contributed by atoms with Gasteiger partial charge in [0, 0.05) is 31.1 Å². The number of rotatable bonds is 7. The lowest BCUT2D eigenvalue weighted by atomic mass is 10.2. The number of halogens is 1. The van der Waals surface area contributed by atoms with Crippen LogP contribution in [0.1, 0.15) is 18.2 Å². The highest BCUT2D eigenvalue weighted by molar-refractivity contribution is 7.89. The molecule has 134 valence electrons. The Bertz CT molecular complexity index is 844. The third-order valence-electron chi connectivity index (χ3n) is 3.40. The molecule has 0 spiro atoms. The van der Waals surface area contributed by atoms with Crippen molar-refractivity contribution in [2.75, 3.05) is 6.54 Å². The summed E-state index contributed by atoms with van der Waals surface area (Å²) in [6, 6.07) is 3.21. The summed E-state index contributed by atoms with van der Waals surface area (Å²) in [5.74, 6) is -0.965. The van der Waals surface area contributed by atoms with Crippen LogP contribution < -0.4 is 10.0 Å². The van der Waals surface area contributed by atoms with Crippen molar-refractivity contribution in [2.45, 2.75) is 31.2 Å². The highest BCUT2D eigenvalue weighted by atomic mass is 32.2. The van der Waals surface area contributed by atoms with Gasteiger partial charge in [-0.2, -0.15) is 0 Å². The zero-order valence-electron chi connectivity index (χ0n) is 13.9. The molecular weight excluding hydrogens is 347 g/mol. The van der Waals surface area contributed by atoms with Gasteiger partial charge in [0.15, 0.2) is 0 Å². The van der Waals surface area contributed by atoms with Gasteiger partial charge in [-0.05, 0) is 37.6 Å². The second kappa shape index (κ2) is 8.13. The highest BCUT2D eigenvalue weighted by Gasteiger charge is 2.17. The number of hydrogen-bond donors (Lipinski definition) is 2. The molecule has 0 saturated carbocycles. The van der Waals surface area contributed by atoms with Gasteiger partial charge in [0.05, 0.1) is 17.1 Å². The Morgan fingerprint density at radius 3 is 2.72 bits per heavy atom. The molecule has 0 bridgehead atoms. The predicted molar refractivity (Wildman–Crippen MR) is 89.7 cm³/mol. The molecule has 9 heteroatoms. The van der Waals surface area contributed by atoms with E-state index < -0.39 is 28.3 Å². The number of sulfonamides is 1. The van der Waals surface area contributed by atoms with E-state index in [-0.39, 0.29) is 16.5 Å². The molecule has 0 aliphatic carbocycles. The first-order chi connectivity index (χ1) is 11.8. The molecule has 1 amide bonds. The SMILES string of the molecule is Cc1cc(S(=O)(=O)NCC(=O)N[C@@H](C)Cc2cnccn2)ccc1F. The Morgan fingerprint density at radius 1 is 1.32 bits per heavy atom. The van der Waals surface area contributed by atoms with Gasteiger partial charge in [0.25, 0.3) is 0 Å². The topological polar surface area (TPSA) is 101 Å². The van der Waals surface area contributed by atoms with E-state index in [1.54, 1.807) is 25.5 Å². The van der Waals surface area contributed by atoms with Crippen LogP contribution in [0.2, 0.25) is 0 Å². The first kappa shape index (κ1) is 18.9. The predicted octanol–water partition coefficient (Wildman–Crippen LogP) is 0.950. The van der Waals surface area contributed by atoms with E-state index in [2.05, 4.69) is 20.0 Å². The zero-order chi connectivity index (χ0) is 18.4. The van der Waals surface area contributed by atoms with Gasteiger partial charge < -0.3 is 5.32 Å². The standard InChI is InChI=1S/C16H19FN4O3S/c1-11-7-14(3-4-15(11)17)25(23,24)20-10-16(22)21-12(2)8-13-9-18-5-6-19-13/h3-7,9,12,20H,8,10H2,1-2H3,(H,21,22)/t12-/m0/s1. The Morgan fingerprint density at radius 2 is 2.08 bits per heavy atom. The van der Waals surface area contributed by atoms with Crippen molar-refractivity contribution in [3.05, 3.63) is 53.9 Å². The Kier molecular flexibility index (Phi) is 6.16. The third-order valence-corrected chi connectivity index (χ3v) is 4.80. The molecule has 1 heterocycles. The van der Waals surface area contributed by atoms with E-state index in [4.69, 9.17) is 0 Å². The third kappa shape index (κ3) is 5.57. The number of benzene rings is 1. The molecule has 25 heavy (non-hydrogen) atoms. The quantitative estimate of drug-likeness (QED) is 0.760. The van der Waals surface area contributed by atoms with Crippen LogP contribution in [0, 0.1) is 12.7 Å². The Labute approximate surface area is 145 Å². The Hall–Kier alpha value is -2.39. The number of amides is 1. The summed E-state index contributed by atoms with van der Waals surface area (Å²) < 4.78 is 39.7. The van der Waals surface area contributed by atoms with Crippen molar-refractivity contribution in [1.82, 2.24) is 20.0 Å². The number of carbonyl (C=O) groups excluding carboxylic acids is 1. The molecule has 0 saturated heterocycles. The van der Waals surface area contributed by atoms with Crippen LogP contribution in [0.3, 0.4) is 0 Å². The van der Waals surface area contributed by atoms with Crippen LogP contribution in [0.4, 0.5) is 4.39 Å². The highest BCUT2D eigenvalue weighted by Crippen LogP contribution is 2.13. The van der Waals surface area contributed by atoms with E-state index in [0.29, 0.717) is 6.42 Å². The number of aromatic nitrogens is 2. The van der Waals surface area contributed by atoms with Gasteiger partial charge in [-0.1, -0.05) is 0 Å². The fourth-order valence-electron chi connectivity index (χ4n) is 2.15. The summed E-state index contributed by atoms with van der Waals surface area (Å²) >= 11 is 0. The van der Waals surface area contributed by atoms with Gasteiger partial charge in [-0.15, -0.1) is 0 Å². The van der Waals surface area contributed by atoms with Crippen LogP contribution in [-0.2, 0) is 21.2 Å². The van der Waals surface area contributed by atoms with Gasteiger partial charge in [0.2, 0.25) is 15.9 Å². The van der Waals surface area contributed by atoms with Crippen LogP contribution in [0.5, 0.6) is 0 Å². The molecular formula is C16H19FN4O3S. The van der Waals surface area contributed by atoms with Crippen molar-refractivity contribution in [3.8, 4) is 0 Å². The maximum Gasteiger partial charge on any atom is 0.241 e. The average Bonchev–Trinajstić information content (AvgIpc) is 2.56. The van der Waals surface area contributed by atoms with Gasteiger partial charge in [-0.3, -0.25) is 14.8 Å². The van der Waals surface area contributed by atoms with Gasteiger partial charge in [0.1, 0.15) is 5.82 Å². The lowest BCUT2D eigenvalue weighted by molar-refractivity contribution is -0.120. The molecule has 2 N–H and O–H groups in total. The molecule has 0 unspecified atom stereocenters. The molecule has 1 aromatic heterocycles. The summed E-state index contributed by atoms with van der Waals surface area (Å²) in [5, 5.41) is 2.68. The number of aryl methyl sites for hydroxylation is 1. The van der Waals surface area contributed by atoms with Crippen LogP contribution in [-0.4, -0.2) is 36.9 Å². The van der Waals surface area contributed by atoms with Crippen molar-refractivity contribution in [1.29, 1.82) is 0 Å². The van der Waals surface area contributed by atoms with E-state index in [9.17, 15) is 17.6 Å². The monoisotopic (exact) mass is 366 g/mol. The van der Waals surface area contributed by atoms with Crippen molar-refractivity contribution in [2.24, 2.45) is 0 Å². The largest absolute Gasteiger partial charge is 0.352 e. The number of hydrogen-bond acceptors (Lipinski definition) is 5. The summed E-state index contributed by atoms with van der Waals surface area (Å²) in [6.45, 7) is 2.84. The number of carbonyl (C=O) groups is 1. The lowest BCUT2D eigenvalue weighted by Crippen LogP contribution is -2.41. The van der Waals surface area contributed by atoms with Gasteiger partial charge in [-0.25, -0.2) is 17.5 Å². The summed E-state index contributed by atoms with van der Waals surface area (Å²) in [4.78, 5) is 19.9. The maximum atomic E-state index is 13.2. The summed E-state index contributed by atoms with van der Waals surface area (Å²) in [6.07, 6.45) is 5.19. The second-order valence-electron chi connectivity index (χ2n) is 5.60. The molecule has 1 atom stereocenters. The fraction of sp³-hybridized carbons (Fsp3) is 0.312. The molecule has 0 radical (unpaired) electrons. The van der Waals surface area contributed by atoms with Crippen LogP contribution in [0.25, 0.3) is 0 Å². The normalized spacial score (nSPS) is 12.6. The lowest BCUT2D eigenvalue weighted by Gasteiger charge is -2.14. The molecule has 2 rings (SSSR count). The second-order valence-corrected chi connectivity index (χ2v) is 7.37. The smallest absolute Gasteiger partial charge is 0.241 e. The molecule has 0 aliphatic heterocycles. The minimum Gasteiger partial charge on any atom is -0.352 e. The number of nitrogens with one attached hydrogen (secondary N) is 2. The molecule has 1 aromatic carbocycles. The van der Waals surface area contributed by atoms with Crippen LogP contribution in [0.15, 0.2) is 41.7 Å². The summed E-state index contributed by atoms with van der Waals surface area (Å²) in [7, 11) is -3.89. The van der Waals surface area contributed by atoms with Crippen LogP contribution >= 0.6 is 0 Å². The molecule has 2 aromatic rings. The van der Waals surface area contributed by atoms with Gasteiger partial charge >= 0.3 is 0 Å². The minimum absolute atomic E-state index is 0.0909. The summed E-state index contributed by atoms with van der Waals surface area (Å²) in [5.41, 5.74) is 0.933. The first-order valence-electron chi connectivity index (χ1n) is 7.58. The maximum absolute atomic E-state index is 13.2. The average molecular weight is 366 g/mol. The first-order valence-corrected chi connectivity index (χ1v) is 9.06. The van der Waals surface area contributed by atoms with Crippen molar-refractivity contribution < 1.29 is 17.6 Å². The molecule has 0 fully saturated rings. The van der Waals surface area contributed by atoms with E-state index in [0.717, 1.165) is 17.8 Å².